The van der Waals surface area contributed by atoms with Gasteiger partial charge in [0, 0.05) is 210 Å². The molecule has 0 fully saturated rings. The zero-order chi connectivity index (χ0) is 101. The van der Waals surface area contributed by atoms with Crippen LogP contribution in [0.25, 0.3) is 117 Å². The fourth-order valence-corrected chi connectivity index (χ4v) is 23.5. The fraction of sp³-hybridized carbons (Fsp3) is 0.111. The number of H-pyrrole nitrogens is 3. The summed E-state index contributed by atoms with van der Waals surface area (Å²) in [4.78, 5) is 83.7. The van der Waals surface area contributed by atoms with E-state index >= 15 is 0 Å². The average molecular weight is 2070 g/mol. The maximum Gasteiger partial charge on any atom is 0.147 e. The van der Waals surface area contributed by atoms with Gasteiger partial charge in [-0.15, -0.1) is 56.7 Å². The molecule has 7 aromatic carbocycles. The van der Waals surface area contributed by atoms with Crippen molar-refractivity contribution < 1.29 is 29.3 Å². The Labute approximate surface area is 877 Å². The molecule has 22 nitrogen and oxygen atoms in total. The highest BCUT2D eigenvalue weighted by atomic mass is 35.5. The first kappa shape index (κ1) is 100. The number of fused-ring (bicyclic) bond motifs is 2. The molecule has 0 spiro atoms. The van der Waals surface area contributed by atoms with Gasteiger partial charge in [0.1, 0.15) is 59.2 Å². The van der Waals surface area contributed by atoms with Crippen molar-refractivity contribution in [1.82, 2.24) is 74.5 Å². The summed E-state index contributed by atoms with van der Waals surface area (Å²) in [5.74, 6) is 2.03. The zero-order valence-corrected chi connectivity index (χ0v) is 85.5. The van der Waals surface area contributed by atoms with Crippen molar-refractivity contribution >= 4 is 125 Å². The van der Waals surface area contributed by atoms with E-state index in [0.29, 0.717) is 46.1 Å². The smallest absolute Gasteiger partial charge is 0.147 e. The van der Waals surface area contributed by atoms with E-state index in [4.69, 9.17) is 23.2 Å². The molecule has 15 aromatic heterocycles. The highest BCUT2D eigenvalue weighted by Crippen LogP contribution is 2.49. The topological polar surface area (TPSA) is 304 Å². The number of pyridine rings is 6. The summed E-state index contributed by atoms with van der Waals surface area (Å²) in [6, 6.07) is 84.7. The van der Waals surface area contributed by atoms with Gasteiger partial charge < -0.3 is 30.3 Å². The zero-order valence-electron chi connectivity index (χ0n) is 79.9. The monoisotopic (exact) mass is 2070 g/mol. The number of Topliss-reactive ketones (excluding diaryl/α,β-unsaturated/α-hetero) is 2. The Kier molecular flexibility index (Phi) is 31.7. The first-order chi connectivity index (χ1) is 71.7. The molecule has 0 bridgehead atoms. The summed E-state index contributed by atoms with van der Waals surface area (Å²) in [5, 5.41) is 51.6. The van der Waals surface area contributed by atoms with Crippen LogP contribution in [0.2, 0.25) is 10.0 Å². The summed E-state index contributed by atoms with van der Waals surface area (Å²) in [5.41, 5.74) is 18.8. The van der Waals surface area contributed by atoms with Crippen LogP contribution in [0.4, 0.5) is 4.39 Å². The third-order valence-corrected chi connectivity index (χ3v) is 31.1. The number of aliphatic hydroxyl groups is 3. The molecule has 0 radical (unpaired) electrons. The second kappa shape index (κ2) is 46.6. The Morgan fingerprint density at radius 2 is 0.830 bits per heavy atom. The van der Waals surface area contributed by atoms with Gasteiger partial charge in [-0.1, -0.05) is 138 Å². The number of halogens is 3. The molecule has 1 aliphatic rings. The Balaban J connectivity index is 0.000000116. The first-order valence-corrected chi connectivity index (χ1v) is 51.8. The summed E-state index contributed by atoms with van der Waals surface area (Å²) >= 11 is 20.5. The summed E-state index contributed by atoms with van der Waals surface area (Å²) < 4.78 is 16.8. The van der Waals surface area contributed by atoms with E-state index in [-0.39, 0.29) is 29.2 Å². The summed E-state index contributed by atoms with van der Waals surface area (Å²) in [6.45, 7) is 5.22. The Morgan fingerprint density at radius 3 is 1.34 bits per heavy atom. The second-order valence-electron chi connectivity index (χ2n) is 34.8. The standard InChI is InChI=1S/C25H20ClN5OS.C24H23ClN4OS.C24H18N4OS.C23H16FN3OS.C21H17NOS/c1-16(32)13-20-14-18(7-9-27-20)22-15-21(24(33-22)25-28-10-11-29-25)23(31-12-2-8-30-31)17-3-5-19(26)6-4-17;1-15(30)12-19-13-17(8-9-26-19)21-14-20(23(31-21)24-27-10-11-28-24)22(29(2)3)16-4-6-18(25)7-5-16;29-23(19-3-1-16(2-4-19)17-5-10-25-11-6-17)20-15-22(18-7-12-26-13-8-18)30-24(20)21-9-14-27-28-21;24-18-6-5-14-3-1-2-4-16(14)20(18)21(28)17-13-19(15-7-9-25-10-8-15)29-22(17)23-26-11-12-27-23;1-14-19(13-20(24-14)16-8-10-22-11-9-16)21(23)18-7-6-15-4-2-3-5-17(15)12-18/h2-12,14-15,23H,13H2,1H3,(H,28,29);4-11,13-14,22H,12H2,1-3H3,(H,27,28);1-8,10-15,23,29H,9H2;1-13,21,28H,(H,26,27);2-13,21,23H,1H3/t;22-;;;/m.1.../s1. The molecule has 16 heterocycles. The van der Waals surface area contributed by atoms with Gasteiger partial charge in [0.15, 0.2) is 0 Å². The van der Waals surface area contributed by atoms with Gasteiger partial charge in [0.2, 0.25) is 0 Å². The Morgan fingerprint density at radius 1 is 0.401 bits per heavy atom. The third-order valence-electron chi connectivity index (χ3n) is 24.6. The van der Waals surface area contributed by atoms with E-state index in [2.05, 4.69) is 162 Å². The summed E-state index contributed by atoms with van der Waals surface area (Å²) in [6.07, 6.45) is 32.6. The quantitative estimate of drug-likeness (QED) is 0.0293. The number of nitrogens with zero attached hydrogens (tertiary/aromatic N) is 14. The van der Waals surface area contributed by atoms with Crippen LogP contribution in [0.5, 0.6) is 0 Å². The number of hydrogen-bond donors (Lipinski definition) is 6. The molecule has 0 amide bonds. The lowest BCUT2D eigenvalue weighted by Crippen LogP contribution is -2.21. The molecular formula is C117H94Cl2FN17O5S5. The van der Waals surface area contributed by atoms with Gasteiger partial charge in [-0.2, -0.15) is 15.3 Å². The van der Waals surface area contributed by atoms with Crippen LogP contribution in [-0.2, 0) is 22.4 Å². The lowest BCUT2D eigenvalue weighted by molar-refractivity contribution is -0.117. The predicted octanol–water partition coefficient (Wildman–Crippen LogP) is 27.5. The molecule has 4 unspecified atom stereocenters. The van der Waals surface area contributed by atoms with Gasteiger partial charge in [-0.3, -0.25) is 49.1 Å². The number of benzene rings is 7. The number of imidazole rings is 3. The molecule has 30 heteroatoms. The highest BCUT2D eigenvalue weighted by molar-refractivity contribution is 7.20. The molecule has 6 N–H and O–H groups in total. The number of rotatable bonds is 26. The van der Waals surface area contributed by atoms with Crippen LogP contribution in [0.3, 0.4) is 0 Å². The van der Waals surface area contributed by atoms with Crippen molar-refractivity contribution in [3.8, 4) is 95.4 Å². The first-order valence-electron chi connectivity index (χ1n) is 46.9. The maximum atomic E-state index is 14.9. The number of carbonyl (C=O) groups is 2. The number of carbonyl (C=O) groups excluding carboxylic acids is 2. The third kappa shape index (κ3) is 23.6. The van der Waals surface area contributed by atoms with Crippen molar-refractivity contribution in [3.05, 3.63) is 465 Å². The Hall–Kier alpha value is -15.7. The minimum atomic E-state index is -1.13. The molecule has 23 rings (SSSR count). The summed E-state index contributed by atoms with van der Waals surface area (Å²) in [7, 11) is 4.14. The van der Waals surface area contributed by atoms with Gasteiger partial charge in [0.25, 0.3) is 0 Å². The number of aromatic amines is 3. The van der Waals surface area contributed by atoms with Crippen LogP contribution in [-0.4, -0.2) is 127 Å². The van der Waals surface area contributed by atoms with E-state index in [9.17, 15) is 29.3 Å². The lowest BCUT2D eigenvalue weighted by Gasteiger charge is -2.25. The van der Waals surface area contributed by atoms with Crippen molar-refractivity contribution in [2.24, 2.45) is 10.2 Å². The normalized spacial score (nSPS) is 12.6. The van der Waals surface area contributed by atoms with E-state index < -0.39 is 24.1 Å². The van der Waals surface area contributed by atoms with Crippen molar-refractivity contribution in [1.29, 1.82) is 0 Å². The molecule has 5 atom stereocenters. The van der Waals surface area contributed by atoms with Gasteiger partial charge in [-0.05, 0) is 274 Å². The predicted molar refractivity (Wildman–Crippen MR) is 591 cm³/mol. The van der Waals surface area contributed by atoms with Crippen LogP contribution in [0, 0.1) is 12.7 Å². The van der Waals surface area contributed by atoms with Crippen molar-refractivity contribution in [3.63, 3.8) is 0 Å². The van der Waals surface area contributed by atoms with Gasteiger partial charge in [0.05, 0.1) is 31.3 Å². The second-order valence-corrected chi connectivity index (χ2v) is 41.2. The molecule has 728 valence electrons. The largest absolute Gasteiger partial charge is 0.384 e. The van der Waals surface area contributed by atoms with Crippen molar-refractivity contribution in [2.45, 2.75) is 70.4 Å². The number of aliphatic hydroxyl groups excluding tert-OH is 3. The average Bonchev–Trinajstić information content (AvgIpc) is 1.67. The van der Waals surface area contributed by atoms with Crippen LogP contribution in [0.1, 0.15) is 127 Å². The molecule has 22 aromatic rings. The van der Waals surface area contributed by atoms with Crippen LogP contribution < -0.4 is 0 Å². The molecule has 0 saturated heterocycles. The van der Waals surface area contributed by atoms with E-state index in [1.165, 1.54) is 22.8 Å². The molecule has 0 aliphatic carbocycles. The van der Waals surface area contributed by atoms with Crippen LogP contribution >= 0.6 is 79.9 Å². The van der Waals surface area contributed by atoms with Gasteiger partial charge in [-0.25, -0.2) is 19.3 Å². The number of nitrogens with one attached hydrogen (secondary N) is 3. The minimum Gasteiger partial charge on any atom is -0.384 e. The number of thiophene rings is 5. The number of aryl methyl sites for hydroxylation is 1. The molecule has 1 aliphatic heterocycles. The minimum absolute atomic E-state index is 0.0286. The SMILES string of the molecule is CC(=O)Cc1cc(-c2cc(C(c3ccc(Cl)cc3)n3cccn3)c(-c3ncc[nH]3)s2)ccn1.CC(=O)Cc1cc(-c2cc([C@@H](c3ccc(Cl)cc3)N(C)C)c(-c3ncc[nH]3)s2)ccn1.Cc1sc(-c2ccncc2)cc1C(O)c1ccc2ccccc2c1.OC(c1cc(-c2ccncc2)sc1-c1ncc[nH]1)c1c(F)ccc2ccccc12.OC(c1ccc(-c2ccncc2)cc1)c1cc(-c2ccncc2)sc1C1=NN=CC1. The van der Waals surface area contributed by atoms with Crippen molar-refractivity contribution in [2.75, 3.05) is 14.1 Å². The molecular weight excluding hydrogens is 1970 g/mol. The number of hydrogen-bond acceptors (Lipinski definition) is 23. The molecule has 0 saturated carbocycles. The van der Waals surface area contributed by atoms with E-state index in [1.54, 1.807) is 164 Å². The fourth-order valence-electron chi connectivity index (χ4n) is 17.6. The highest BCUT2D eigenvalue weighted by Gasteiger charge is 2.31. The van der Waals surface area contributed by atoms with Crippen LogP contribution in [0.15, 0.2) is 383 Å². The Bertz CT molecular complexity index is 8300. The molecule has 147 heavy (non-hydrogen) atoms. The maximum absolute atomic E-state index is 14.9. The number of ketones is 2. The number of aromatic nitrogens is 14. The van der Waals surface area contributed by atoms with E-state index in [1.807, 2.05) is 211 Å². The van der Waals surface area contributed by atoms with Gasteiger partial charge >= 0.3 is 0 Å². The van der Waals surface area contributed by atoms with E-state index in [0.717, 1.165) is 172 Å². The lowest BCUT2D eigenvalue weighted by atomic mass is 9.95.